The Morgan fingerprint density at radius 1 is 1.44 bits per heavy atom. The van der Waals surface area contributed by atoms with Crippen molar-refractivity contribution in [3.63, 3.8) is 0 Å². The summed E-state index contributed by atoms with van der Waals surface area (Å²) in [5.41, 5.74) is 10.8. The number of carbonyl (C=O) groups excluding carboxylic acids is 1. The number of nitrogens with two attached hydrogens (primary N) is 1. The van der Waals surface area contributed by atoms with Crippen molar-refractivity contribution < 1.29 is 4.79 Å². The van der Waals surface area contributed by atoms with Gasteiger partial charge >= 0.3 is 0 Å². The van der Waals surface area contributed by atoms with Crippen LogP contribution in [0.25, 0.3) is 10.9 Å². The van der Waals surface area contributed by atoms with E-state index in [1.54, 1.807) is 0 Å². The summed E-state index contributed by atoms with van der Waals surface area (Å²) >= 11 is 7.44. The Bertz CT molecular complexity index is 860. The molecule has 2 aromatic rings. The Hall–Kier alpha value is -0.850. The molecule has 1 amide bonds. The number of H-pyrrole nitrogens is 1. The lowest BCUT2D eigenvalue weighted by molar-refractivity contribution is -0.119. The second-order valence-corrected chi connectivity index (χ2v) is 9.13. The van der Waals surface area contributed by atoms with Gasteiger partial charge in [-0.2, -0.15) is 0 Å². The molecule has 1 aromatic carbocycles. The highest BCUT2D eigenvalue weighted by molar-refractivity contribution is 9.13. The maximum absolute atomic E-state index is 11.5. The first kappa shape index (κ1) is 17.6. The second kappa shape index (κ2) is 6.39. The van der Waals surface area contributed by atoms with E-state index in [4.69, 9.17) is 5.73 Å². The van der Waals surface area contributed by atoms with E-state index in [0.717, 1.165) is 34.9 Å². The summed E-state index contributed by atoms with van der Waals surface area (Å²) in [6.45, 7) is 6.38. The van der Waals surface area contributed by atoms with Gasteiger partial charge in [0.1, 0.15) is 0 Å². The Balaban J connectivity index is 1.86. The minimum Gasteiger partial charge on any atom is -0.370 e. The summed E-state index contributed by atoms with van der Waals surface area (Å²) in [6, 6.07) is 2.79. The van der Waals surface area contributed by atoms with Crippen LogP contribution in [0.4, 0.5) is 0 Å². The first-order valence-electron chi connectivity index (χ1n) is 8.92. The van der Waals surface area contributed by atoms with Gasteiger partial charge in [0.05, 0.1) is 9.99 Å². The third kappa shape index (κ3) is 2.77. The first-order chi connectivity index (χ1) is 11.9. The van der Waals surface area contributed by atoms with Crippen molar-refractivity contribution in [1.29, 1.82) is 0 Å². The number of hydrogen-bond acceptors (Lipinski definition) is 2. The summed E-state index contributed by atoms with van der Waals surface area (Å²) in [6.07, 6.45) is 2.60. The molecule has 1 unspecified atom stereocenters. The summed E-state index contributed by atoms with van der Waals surface area (Å²) in [5.74, 6) is 0.612. The third-order valence-corrected chi connectivity index (χ3v) is 8.02. The van der Waals surface area contributed by atoms with E-state index in [1.165, 1.54) is 27.7 Å². The average molecular weight is 469 g/mol. The maximum atomic E-state index is 11.5. The van der Waals surface area contributed by atoms with Gasteiger partial charge < -0.3 is 10.7 Å². The predicted molar refractivity (Wildman–Crippen MR) is 108 cm³/mol. The van der Waals surface area contributed by atoms with E-state index >= 15 is 0 Å². The standard InChI is InChI=1S/C19H23Br2N3O/c1-3-24-8-10(5-16(22)25)4-12-13-6-14(20)18(21)19-17(13)11(7-15(12)24)9(2)23-19/h6,10,12,15,23H,3-5,7-8H2,1-2H3,(H2,22,25)/t10-,12?,15+/m0/s1. The van der Waals surface area contributed by atoms with Gasteiger partial charge in [0, 0.05) is 40.5 Å². The van der Waals surface area contributed by atoms with E-state index < -0.39 is 0 Å². The number of aryl methyl sites for hydroxylation is 1. The molecule has 1 saturated heterocycles. The highest BCUT2D eigenvalue weighted by Gasteiger charge is 2.41. The van der Waals surface area contributed by atoms with E-state index in [2.05, 4.69) is 61.7 Å². The van der Waals surface area contributed by atoms with Crippen molar-refractivity contribution >= 4 is 48.7 Å². The van der Waals surface area contributed by atoms with E-state index in [9.17, 15) is 4.79 Å². The minimum absolute atomic E-state index is 0.185. The molecule has 3 atom stereocenters. The van der Waals surface area contributed by atoms with Gasteiger partial charge in [0.15, 0.2) is 0 Å². The highest BCUT2D eigenvalue weighted by atomic mass is 79.9. The molecule has 1 aliphatic carbocycles. The molecule has 0 saturated carbocycles. The number of piperidine rings is 1. The molecular formula is C19H23Br2N3O. The average Bonchev–Trinajstić information content (AvgIpc) is 2.89. The van der Waals surface area contributed by atoms with Gasteiger partial charge in [-0.25, -0.2) is 0 Å². The topological polar surface area (TPSA) is 62.1 Å². The van der Waals surface area contributed by atoms with Crippen LogP contribution >= 0.6 is 31.9 Å². The lowest BCUT2D eigenvalue weighted by Gasteiger charge is -2.47. The van der Waals surface area contributed by atoms with Crippen LogP contribution in [-0.2, 0) is 11.2 Å². The number of carbonyl (C=O) groups is 1. The van der Waals surface area contributed by atoms with Crippen LogP contribution in [-0.4, -0.2) is 34.9 Å². The Morgan fingerprint density at radius 2 is 2.20 bits per heavy atom. The molecule has 2 heterocycles. The number of halogens is 2. The molecule has 0 radical (unpaired) electrons. The van der Waals surface area contributed by atoms with Crippen LogP contribution in [0, 0.1) is 12.8 Å². The zero-order chi connectivity index (χ0) is 17.9. The smallest absolute Gasteiger partial charge is 0.217 e. The SMILES string of the molecule is CCN1C[C@H](CC(N)=O)CC2c3cc(Br)c(Br)c4[nH]c(C)c(c34)C[C@H]21. The number of hydrogen-bond donors (Lipinski definition) is 2. The van der Waals surface area contributed by atoms with Crippen LogP contribution < -0.4 is 5.73 Å². The zero-order valence-corrected chi connectivity index (χ0v) is 17.7. The van der Waals surface area contributed by atoms with Gasteiger partial charge in [-0.05, 0) is 81.3 Å². The van der Waals surface area contributed by atoms with Gasteiger partial charge in [0.2, 0.25) is 5.91 Å². The molecular weight excluding hydrogens is 446 g/mol. The first-order valence-corrected chi connectivity index (χ1v) is 10.5. The number of aromatic nitrogens is 1. The summed E-state index contributed by atoms with van der Waals surface area (Å²) in [5, 5.41) is 1.38. The normalized spacial score (nSPS) is 26.0. The van der Waals surface area contributed by atoms with Gasteiger partial charge in [-0.1, -0.05) is 6.92 Å². The number of likely N-dealkylation sites (tertiary alicyclic amines) is 1. The third-order valence-electron chi connectivity index (χ3n) is 6.04. The highest BCUT2D eigenvalue weighted by Crippen LogP contribution is 2.49. The van der Waals surface area contributed by atoms with Crippen LogP contribution in [0.2, 0.25) is 0 Å². The lowest BCUT2D eigenvalue weighted by atomic mass is 9.71. The van der Waals surface area contributed by atoms with Crippen LogP contribution in [0.3, 0.4) is 0 Å². The molecule has 1 fully saturated rings. The Morgan fingerprint density at radius 3 is 2.88 bits per heavy atom. The van der Waals surface area contributed by atoms with Crippen molar-refractivity contribution in [2.45, 2.75) is 45.1 Å². The lowest BCUT2D eigenvalue weighted by Crippen LogP contribution is -2.50. The van der Waals surface area contributed by atoms with Crippen molar-refractivity contribution in [3.8, 4) is 0 Å². The largest absolute Gasteiger partial charge is 0.370 e. The number of benzene rings is 1. The Labute approximate surface area is 164 Å². The van der Waals surface area contributed by atoms with Crippen molar-refractivity contribution in [2.24, 2.45) is 11.7 Å². The molecule has 0 spiro atoms. The van der Waals surface area contributed by atoms with Crippen molar-refractivity contribution in [2.75, 3.05) is 13.1 Å². The van der Waals surface area contributed by atoms with Crippen LogP contribution in [0.5, 0.6) is 0 Å². The minimum atomic E-state index is -0.185. The van der Waals surface area contributed by atoms with Gasteiger partial charge in [0.25, 0.3) is 0 Å². The fourth-order valence-corrected chi connectivity index (χ4v) is 5.87. The molecule has 134 valence electrons. The van der Waals surface area contributed by atoms with E-state index in [-0.39, 0.29) is 5.91 Å². The van der Waals surface area contributed by atoms with Crippen LogP contribution in [0.15, 0.2) is 15.0 Å². The fourth-order valence-electron chi connectivity index (χ4n) is 5.01. The van der Waals surface area contributed by atoms with Crippen molar-refractivity contribution in [3.05, 3.63) is 31.8 Å². The van der Waals surface area contributed by atoms with E-state index in [1.807, 2.05) is 0 Å². The van der Waals surface area contributed by atoms with Crippen LogP contribution in [0.1, 0.15) is 42.5 Å². The number of likely N-dealkylation sites (N-methyl/N-ethyl adjacent to an activating group) is 1. The number of fused-ring (bicyclic) bond motifs is 2. The molecule has 6 heteroatoms. The maximum Gasteiger partial charge on any atom is 0.217 e. The van der Waals surface area contributed by atoms with E-state index in [0.29, 0.717) is 24.3 Å². The molecule has 0 bridgehead atoms. The molecule has 4 rings (SSSR count). The van der Waals surface area contributed by atoms with Gasteiger partial charge in [-0.15, -0.1) is 0 Å². The number of amides is 1. The molecule has 1 aliphatic heterocycles. The molecule has 25 heavy (non-hydrogen) atoms. The van der Waals surface area contributed by atoms with Gasteiger partial charge in [-0.3, -0.25) is 9.69 Å². The zero-order valence-electron chi connectivity index (χ0n) is 14.5. The van der Waals surface area contributed by atoms with Crippen molar-refractivity contribution in [1.82, 2.24) is 9.88 Å². The second-order valence-electron chi connectivity index (χ2n) is 7.48. The number of primary amides is 1. The molecule has 3 N–H and O–H groups in total. The summed E-state index contributed by atoms with van der Waals surface area (Å²) in [7, 11) is 0. The monoisotopic (exact) mass is 467 g/mol. The molecule has 4 nitrogen and oxygen atoms in total. The number of nitrogens with zero attached hydrogens (tertiary/aromatic N) is 1. The summed E-state index contributed by atoms with van der Waals surface area (Å²) in [4.78, 5) is 17.6. The molecule has 1 aromatic heterocycles. The molecule has 2 aliphatic rings. The summed E-state index contributed by atoms with van der Waals surface area (Å²) < 4.78 is 2.18. The predicted octanol–water partition coefficient (Wildman–Crippen LogP) is 4.23. The Kier molecular flexibility index (Phi) is 4.49. The fraction of sp³-hybridized carbons (Fsp3) is 0.526. The number of aromatic amines is 1. The number of nitrogens with one attached hydrogen (secondary N) is 1. The quantitative estimate of drug-likeness (QED) is 0.707. The number of rotatable bonds is 3.